The van der Waals surface area contributed by atoms with Crippen molar-refractivity contribution in [2.75, 3.05) is 21.4 Å². The van der Waals surface area contributed by atoms with E-state index in [2.05, 4.69) is 193 Å². The van der Waals surface area contributed by atoms with Crippen molar-refractivity contribution in [3.63, 3.8) is 0 Å². The first-order valence-corrected chi connectivity index (χ1v) is 26.7. The number of aromatic nitrogens is 1. The van der Waals surface area contributed by atoms with Crippen molar-refractivity contribution in [1.82, 2.24) is 4.98 Å². The third kappa shape index (κ3) is 8.19. The Bertz CT molecular complexity index is 3440. The zero-order valence-corrected chi connectivity index (χ0v) is 42.3. The lowest BCUT2D eigenvalue weighted by Crippen LogP contribution is -2.58. The maximum Gasteiger partial charge on any atom is 0.137 e. The molecule has 68 heavy (non-hydrogen) atoms. The fourth-order valence-corrected chi connectivity index (χ4v) is 12.8. The lowest BCUT2D eigenvalue weighted by molar-refractivity contribution is 0.483. The van der Waals surface area contributed by atoms with Gasteiger partial charge in [0.2, 0.25) is 0 Å². The molecule has 0 N–H and O–H groups in total. The van der Waals surface area contributed by atoms with Gasteiger partial charge in [-0.05, 0) is 103 Å². The van der Waals surface area contributed by atoms with Gasteiger partial charge in [-0.15, -0.1) is 0 Å². The van der Waals surface area contributed by atoms with E-state index in [0.29, 0.717) is 23.7 Å². The summed E-state index contributed by atoms with van der Waals surface area (Å²) in [7, 11) is -2.14. The summed E-state index contributed by atoms with van der Waals surface area (Å²) in [6.07, 6.45) is 1.92. The molecule has 10 rings (SSSR count). The standard InChI is InChI=1S/C62H64N4OSi/c1-60(2,3)44-33-34-63-58(38-44)66-54-29-17-18-30-56(54)68(10,11)57-32-31-49(40-55(57)66)67-48-24-19-23-47(39-48)64-41-65(53-28-16-15-27-52(53)64)59-50(42-21-13-12-14-22-42)25-20-26-51(59)43-35-45(61(4,5)6)37-46(36-43)62(7,8)9/h12-40H,41H2,1-11H3/i12D,13D,14D,21D,22D. The summed E-state index contributed by atoms with van der Waals surface area (Å²) in [5.41, 5.74) is 11.5. The normalized spacial score (nSPS) is 15.4. The van der Waals surface area contributed by atoms with Crippen molar-refractivity contribution in [2.45, 2.75) is 91.7 Å². The van der Waals surface area contributed by atoms with Crippen LogP contribution in [0.25, 0.3) is 22.3 Å². The number of rotatable bonds is 7. The average molecular weight is 914 g/mol. The van der Waals surface area contributed by atoms with Crippen LogP contribution in [-0.4, -0.2) is 19.7 Å². The molecular weight excluding hydrogens is 845 g/mol. The number of hydrogen-bond acceptors (Lipinski definition) is 5. The number of pyridine rings is 1. The largest absolute Gasteiger partial charge is 0.457 e. The molecule has 342 valence electrons. The second-order valence-electron chi connectivity index (χ2n) is 21.9. The minimum atomic E-state index is -2.14. The van der Waals surface area contributed by atoms with Gasteiger partial charge in [-0.2, -0.15) is 0 Å². The number of para-hydroxylation sites is 4. The quantitative estimate of drug-likeness (QED) is 0.149. The second-order valence-corrected chi connectivity index (χ2v) is 26.2. The van der Waals surface area contributed by atoms with Gasteiger partial charge in [0.05, 0.1) is 29.6 Å². The molecule has 5 nitrogen and oxygen atoms in total. The second kappa shape index (κ2) is 16.7. The number of fused-ring (bicyclic) bond motifs is 3. The van der Waals surface area contributed by atoms with Gasteiger partial charge >= 0.3 is 0 Å². The Morgan fingerprint density at radius 3 is 1.78 bits per heavy atom. The summed E-state index contributed by atoms with van der Waals surface area (Å²) in [5, 5.41) is 2.68. The molecule has 6 heteroatoms. The van der Waals surface area contributed by atoms with E-state index in [9.17, 15) is 2.74 Å². The van der Waals surface area contributed by atoms with Crippen LogP contribution in [0, 0.1) is 0 Å². The van der Waals surface area contributed by atoms with Crippen LogP contribution in [0.2, 0.25) is 13.1 Å². The summed E-state index contributed by atoms with van der Waals surface area (Å²) in [4.78, 5) is 11.8. The number of hydrogen-bond donors (Lipinski definition) is 0. The van der Waals surface area contributed by atoms with E-state index in [-0.39, 0.29) is 46.0 Å². The summed E-state index contributed by atoms with van der Waals surface area (Å²) in [5.74, 6) is 2.26. The molecule has 0 fully saturated rings. The van der Waals surface area contributed by atoms with Crippen molar-refractivity contribution in [2.24, 2.45) is 0 Å². The van der Waals surface area contributed by atoms with Gasteiger partial charge in [-0.3, -0.25) is 4.90 Å². The van der Waals surface area contributed by atoms with Gasteiger partial charge in [0.1, 0.15) is 32.1 Å². The van der Waals surface area contributed by atoms with Crippen LogP contribution in [0.1, 0.15) is 85.9 Å². The smallest absolute Gasteiger partial charge is 0.137 e. The maximum absolute atomic E-state index is 9.25. The summed E-state index contributed by atoms with van der Waals surface area (Å²) in [6.45, 7) is 25.2. The Hall–Kier alpha value is -6.89. The minimum Gasteiger partial charge on any atom is -0.457 e. The van der Waals surface area contributed by atoms with Crippen LogP contribution >= 0.6 is 0 Å². The molecule has 0 bridgehead atoms. The molecule has 0 aliphatic carbocycles. The lowest BCUT2D eigenvalue weighted by Gasteiger charge is -2.40. The molecule has 2 aliphatic heterocycles. The summed E-state index contributed by atoms with van der Waals surface area (Å²) >= 11 is 0. The van der Waals surface area contributed by atoms with Gasteiger partial charge in [-0.1, -0.05) is 184 Å². The SMILES string of the molecule is [2H]c1c([2H])c([2H])c(-c2cccc(-c3cc(C(C)(C)C)cc(C(C)(C)C)c3)c2N2CN(c3cccc(Oc4ccc5c(c4)N(c4cc(C(C)(C)C)ccn4)c4ccccc4[Si]5(C)C)c3)c3ccccc32)c([2H])c1[2H]. The van der Waals surface area contributed by atoms with E-state index in [1.807, 2.05) is 42.6 Å². The first kappa shape index (κ1) is 39.1. The molecular formula is C62H64N4OSi. The van der Waals surface area contributed by atoms with Crippen molar-refractivity contribution in [1.29, 1.82) is 0 Å². The first-order valence-electron chi connectivity index (χ1n) is 26.2. The molecule has 0 radical (unpaired) electrons. The third-order valence-corrected chi connectivity index (χ3v) is 17.2. The molecule has 1 aromatic heterocycles. The van der Waals surface area contributed by atoms with E-state index in [4.69, 9.17) is 13.8 Å². The van der Waals surface area contributed by atoms with Crippen molar-refractivity contribution >= 4 is 58.4 Å². The number of anilines is 7. The Balaban J connectivity index is 1.09. The Morgan fingerprint density at radius 1 is 0.515 bits per heavy atom. The molecule has 2 aliphatic rings. The highest BCUT2D eigenvalue weighted by Gasteiger charge is 2.40. The molecule has 0 amide bonds. The van der Waals surface area contributed by atoms with Gasteiger partial charge in [0.25, 0.3) is 0 Å². The zero-order valence-electron chi connectivity index (χ0n) is 46.3. The van der Waals surface area contributed by atoms with E-state index in [1.54, 1.807) is 0 Å². The van der Waals surface area contributed by atoms with Gasteiger partial charge in [0, 0.05) is 40.8 Å². The Kier molecular flexibility index (Phi) is 9.62. The number of ether oxygens (including phenoxy) is 1. The van der Waals surface area contributed by atoms with Crippen LogP contribution in [-0.2, 0) is 16.2 Å². The first-order chi connectivity index (χ1) is 34.4. The Labute approximate surface area is 412 Å². The van der Waals surface area contributed by atoms with E-state index >= 15 is 0 Å². The minimum absolute atomic E-state index is 0.0586. The average Bonchev–Trinajstić information content (AvgIpc) is 3.74. The van der Waals surface area contributed by atoms with E-state index in [1.165, 1.54) is 27.1 Å². The van der Waals surface area contributed by atoms with Crippen LogP contribution in [0.15, 0.2) is 176 Å². The predicted molar refractivity (Wildman–Crippen MR) is 291 cm³/mol. The van der Waals surface area contributed by atoms with Crippen molar-refractivity contribution < 1.29 is 11.6 Å². The molecule has 3 heterocycles. The zero-order chi connectivity index (χ0) is 52.1. The molecule has 0 atom stereocenters. The van der Waals surface area contributed by atoms with Gasteiger partial charge in [-0.25, -0.2) is 4.98 Å². The van der Waals surface area contributed by atoms with Crippen molar-refractivity contribution in [3.8, 4) is 33.8 Å². The number of nitrogens with zero attached hydrogens (tertiary/aromatic N) is 4. The molecule has 8 aromatic rings. The lowest BCUT2D eigenvalue weighted by atomic mass is 9.78. The highest BCUT2D eigenvalue weighted by molar-refractivity contribution is 7.02. The molecule has 0 unspecified atom stereocenters. The topological polar surface area (TPSA) is 31.8 Å². The highest BCUT2D eigenvalue weighted by atomic mass is 28.3. The summed E-state index contributed by atoms with van der Waals surface area (Å²) < 4.78 is 51.4. The molecule has 0 saturated carbocycles. The maximum atomic E-state index is 9.25. The van der Waals surface area contributed by atoms with E-state index in [0.717, 1.165) is 51.1 Å². The highest BCUT2D eigenvalue weighted by Crippen LogP contribution is 2.51. The number of benzene rings is 7. The fraction of sp³-hybridized carbons (Fsp3) is 0.242. The van der Waals surface area contributed by atoms with Gasteiger partial charge in [0.15, 0.2) is 0 Å². The molecule has 7 aromatic carbocycles. The molecule has 0 saturated heterocycles. The van der Waals surface area contributed by atoms with Crippen LogP contribution in [0.3, 0.4) is 0 Å². The third-order valence-electron chi connectivity index (χ3n) is 13.7. The van der Waals surface area contributed by atoms with Crippen LogP contribution in [0.5, 0.6) is 11.5 Å². The Morgan fingerprint density at radius 2 is 1.10 bits per heavy atom. The molecule has 0 spiro atoms. The van der Waals surface area contributed by atoms with E-state index < -0.39 is 14.1 Å². The van der Waals surface area contributed by atoms with Crippen LogP contribution < -0.4 is 29.8 Å². The van der Waals surface area contributed by atoms with Gasteiger partial charge < -0.3 is 14.5 Å². The monoisotopic (exact) mass is 914 g/mol. The predicted octanol–water partition coefficient (Wildman–Crippen LogP) is 16.0. The fourth-order valence-electron chi connectivity index (χ4n) is 9.79. The summed E-state index contributed by atoms with van der Waals surface area (Å²) in [6, 6.07) is 47.1. The van der Waals surface area contributed by atoms with Crippen LogP contribution in [0.4, 0.5) is 39.9 Å². The van der Waals surface area contributed by atoms with Crippen molar-refractivity contribution in [3.05, 3.63) is 193 Å².